The summed E-state index contributed by atoms with van der Waals surface area (Å²) < 4.78 is 0. The van der Waals surface area contributed by atoms with Crippen molar-refractivity contribution in [2.75, 3.05) is 5.73 Å². The third-order valence-corrected chi connectivity index (χ3v) is 3.52. The SMILES string of the molecule is C[C@H]1c2cccc(N)c2CC1(C)C. The van der Waals surface area contributed by atoms with E-state index in [1.807, 2.05) is 6.07 Å². The number of hydrogen-bond acceptors (Lipinski definition) is 1. The Morgan fingerprint density at radius 1 is 1.38 bits per heavy atom. The Morgan fingerprint density at radius 2 is 2.08 bits per heavy atom. The zero-order valence-electron chi connectivity index (χ0n) is 8.59. The quantitative estimate of drug-likeness (QED) is 0.603. The first-order valence-electron chi connectivity index (χ1n) is 4.89. The fourth-order valence-electron chi connectivity index (χ4n) is 2.26. The molecule has 0 aliphatic heterocycles. The molecule has 1 aliphatic rings. The van der Waals surface area contributed by atoms with E-state index in [0.29, 0.717) is 11.3 Å². The van der Waals surface area contributed by atoms with Crippen LogP contribution in [-0.2, 0) is 6.42 Å². The van der Waals surface area contributed by atoms with Crippen LogP contribution in [0.2, 0.25) is 0 Å². The van der Waals surface area contributed by atoms with Crippen LogP contribution < -0.4 is 5.73 Å². The first-order chi connectivity index (χ1) is 6.02. The Kier molecular flexibility index (Phi) is 1.66. The van der Waals surface area contributed by atoms with Gasteiger partial charge in [-0.2, -0.15) is 0 Å². The van der Waals surface area contributed by atoms with Crippen LogP contribution in [-0.4, -0.2) is 0 Å². The summed E-state index contributed by atoms with van der Waals surface area (Å²) in [5.41, 5.74) is 10.1. The molecule has 0 saturated heterocycles. The van der Waals surface area contributed by atoms with Gasteiger partial charge in [-0.1, -0.05) is 32.9 Å². The summed E-state index contributed by atoms with van der Waals surface area (Å²) in [5, 5.41) is 0. The highest BCUT2D eigenvalue weighted by molar-refractivity contribution is 5.55. The lowest BCUT2D eigenvalue weighted by atomic mass is 9.81. The largest absolute Gasteiger partial charge is 0.398 e. The summed E-state index contributed by atoms with van der Waals surface area (Å²) >= 11 is 0. The van der Waals surface area contributed by atoms with E-state index in [2.05, 4.69) is 32.9 Å². The lowest BCUT2D eigenvalue weighted by Gasteiger charge is -2.23. The highest BCUT2D eigenvalue weighted by Crippen LogP contribution is 2.47. The maximum atomic E-state index is 5.96. The highest BCUT2D eigenvalue weighted by Gasteiger charge is 2.36. The van der Waals surface area contributed by atoms with Crippen molar-refractivity contribution < 1.29 is 0 Å². The second-order valence-corrected chi connectivity index (χ2v) is 4.80. The molecule has 0 saturated carbocycles. The standard InChI is InChI=1S/C12H17N/c1-8-9-5-4-6-11(13)10(9)7-12(8,2)3/h4-6,8H,7,13H2,1-3H3/t8-/m0/s1. The number of benzene rings is 1. The molecule has 0 bridgehead atoms. The molecule has 0 unspecified atom stereocenters. The van der Waals surface area contributed by atoms with Crippen molar-refractivity contribution in [2.45, 2.75) is 33.1 Å². The summed E-state index contributed by atoms with van der Waals surface area (Å²) in [5.74, 6) is 0.631. The van der Waals surface area contributed by atoms with Crippen LogP contribution in [0, 0.1) is 5.41 Å². The third kappa shape index (κ3) is 1.14. The first-order valence-corrected chi connectivity index (χ1v) is 4.89. The predicted octanol–water partition coefficient (Wildman–Crippen LogP) is 2.95. The minimum Gasteiger partial charge on any atom is -0.398 e. The van der Waals surface area contributed by atoms with E-state index in [1.165, 1.54) is 11.1 Å². The molecule has 1 aromatic rings. The van der Waals surface area contributed by atoms with Crippen molar-refractivity contribution in [1.29, 1.82) is 0 Å². The third-order valence-electron chi connectivity index (χ3n) is 3.52. The average Bonchev–Trinajstić information content (AvgIpc) is 2.28. The minimum absolute atomic E-state index is 0.373. The van der Waals surface area contributed by atoms with Gasteiger partial charge in [0.1, 0.15) is 0 Å². The van der Waals surface area contributed by atoms with Gasteiger partial charge in [0.05, 0.1) is 0 Å². The smallest absolute Gasteiger partial charge is 0.0349 e. The maximum absolute atomic E-state index is 5.96. The van der Waals surface area contributed by atoms with E-state index in [4.69, 9.17) is 5.73 Å². The van der Waals surface area contributed by atoms with Crippen LogP contribution in [0.4, 0.5) is 5.69 Å². The van der Waals surface area contributed by atoms with Gasteiger partial charge in [0, 0.05) is 5.69 Å². The molecule has 1 nitrogen and oxygen atoms in total. The van der Waals surface area contributed by atoms with E-state index in [1.54, 1.807) is 0 Å². The molecule has 0 fully saturated rings. The summed E-state index contributed by atoms with van der Waals surface area (Å²) in [7, 11) is 0. The van der Waals surface area contributed by atoms with Gasteiger partial charge < -0.3 is 5.73 Å². The fraction of sp³-hybridized carbons (Fsp3) is 0.500. The molecule has 70 valence electrons. The zero-order valence-corrected chi connectivity index (χ0v) is 8.59. The van der Waals surface area contributed by atoms with Crippen LogP contribution in [0.1, 0.15) is 37.8 Å². The molecule has 1 heteroatoms. The van der Waals surface area contributed by atoms with Crippen LogP contribution in [0.15, 0.2) is 18.2 Å². The van der Waals surface area contributed by atoms with Crippen LogP contribution in [0.5, 0.6) is 0 Å². The van der Waals surface area contributed by atoms with Gasteiger partial charge in [-0.15, -0.1) is 0 Å². The molecule has 2 rings (SSSR count). The Bertz CT molecular complexity index is 339. The molecule has 0 spiro atoms. The van der Waals surface area contributed by atoms with Gasteiger partial charge >= 0.3 is 0 Å². The van der Waals surface area contributed by atoms with E-state index in [0.717, 1.165) is 12.1 Å². The lowest BCUT2D eigenvalue weighted by molar-refractivity contribution is 0.330. The van der Waals surface area contributed by atoms with Gasteiger partial charge in [0.2, 0.25) is 0 Å². The Hall–Kier alpha value is -0.980. The summed E-state index contributed by atoms with van der Waals surface area (Å²) in [6, 6.07) is 6.28. The average molecular weight is 175 g/mol. The summed E-state index contributed by atoms with van der Waals surface area (Å²) in [6.07, 6.45) is 1.12. The zero-order chi connectivity index (χ0) is 9.64. The molecule has 0 radical (unpaired) electrons. The Labute approximate surface area is 80.0 Å². The molecule has 0 aromatic heterocycles. The van der Waals surface area contributed by atoms with Crippen molar-refractivity contribution in [3.05, 3.63) is 29.3 Å². The molecule has 1 aromatic carbocycles. The van der Waals surface area contributed by atoms with Gasteiger partial charge in [-0.3, -0.25) is 0 Å². The second-order valence-electron chi connectivity index (χ2n) is 4.80. The number of fused-ring (bicyclic) bond motifs is 1. The van der Waals surface area contributed by atoms with E-state index >= 15 is 0 Å². The molecule has 13 heavy (non-hydrogen) atoms. The number of nitrogen functional groups attached to an aromatic ring is 1. The second kappa shape index (κ2) is 2.50. The number of anilines is 1. The van der Waals surface area contributed by atoms with Gasteiger partial charge in [0.25, 0.3) is 0 Å². The van der Waals surface area contributed by atoms with Gasteiger partial charge in [0.15, 0.2) is 0 Å². The number of hydrogen-bond donors (Lipinski definition) is 1. The van der Waals surface area contributed by atoms with Crippen molar-refractivity contribution in [3.8, 4) is 0 Å². The van der Waals surface area contributed by atoms with Gasteiger partial charge in [-0.05, 0) is 34.9 Å². The summed E-state index contributed by atoms with van der Waals surface area (Å²) in [4.78, 5) is 0. The number of nitrogens with two attached hydrogens (primary N) is 1. The maximum Gasteiger partial charge on any atom is 0.0349 e. The molecule has 0 heterocycles. The molecular formula is C12H17N. The van der Waals surface area contributed by atoms with Gasteiger partial charge in [-0.25, -0.2) is 0 Å². The minimum atomic E-state index is 0.373. The molecular weight excluding hydrogens is 158 g/mol. The monoisotopic (exact) mass is 175 g/mol. The molecule has 1 aliphatic carbocycles. The molecule has 0 amide bonds. The number of rotatable bonds is 0. The van der Waals surface area contributed by atoms with Crippen LogP contribution >= 0.6 is 0 Å². The summed E-state index contributed by atoms with van der Waals surface area (Å²) in [6.45, 7) is 6.93. The normalized spacial score (nSPS) is 24.4. The molecule has 2 N–H and O–H groups in total. The molecule has 1 atom stereocenters. The Morgan fingerprint density at radius 3 is 2.69 bits per heavy atom. The van der Waals surface area contributed by atoms with Crippen LogP contribution in [0.25, 0.3) is 0 Å². The van der Waals surface area contributed by atoms with Crippen molar-refractivity contribution >= 4 is 5.69 Å². The topological polar surface area (TPSA) is 26.0 Å². The van der Waals surface area contributed by atoms with E-state index < -0.39 is 0 Å². The first kappa shape index (κ1) is 8.61. The lowest BCUT2D eigenvalue weighted by Crippen LogP contribution is -2.14. The van der Waals surface area contributed by atoms with Crippen LogP contribution in [0.3, 0.4) is 0 Å². The van der Waals surface area contributed by atoms with E-state index in [9.17, 15) is 0 Å². The van der Waals surface area contributed by atoms with Crippen molar-refractivity contribution in [2.24, 2.45) is 5.41 Å². The van der Waals surface area contributed by atoms with Crippen molar-refractivity contribution in [1.82, 2.24) is 0 Å². The highest BCUT2D eigenvalue weighted by atomic mass is 14.6. The predicted molar refractivity (Wildman–Crippen MR) is 56.8 cm³/mol. The van der Waals surface area contributed by atoms with Crippen molar-refractivity contribution in [3.63, 3.8) is 0 Å². The Balaban J connectivity index is 2.56. The van der Waals surface area contributed by atoms with E-state index in [-0.39, 0.29) is 0 Å². The fourth-order valence-corrected chi connectivity index (χ4v) is 2.26.